The molecule has 0 aliphatic carbocycles. The zero-order chi connectivity index (χ0) is 12.4. The second kappa shape index (κ2) is 4.40. The van der Waals surface area contributed by atoms with Gasteiger partial charge >= 0.3 is 0 Å². The first-order valence-electron chi connectivity index (χ1n) is 5.62. The van der Waals surface area contributed by atoms with Crippen LogP contribution in [0.15, 0.2) is 31.0 Å². The van der Waals surface area contributed by atoms with E-state index in [2.05, 4.69) is 30.2 Å². The highest BCUT2D eigenvalue weighted by Gasteiger charge is 2.04. The molecule has 0 radical (unpaired) electrons. The minimum Gasteiger partial charge on any atom is -0.364 e. The second-order valence-electron chi connectivity index (χ2n) is 3.98. The number of hydrogen-bond donors (Lipinski definition) is 2. The van der Waals surface area contributed by atoms with Crippen LogP contribution in [0.3, 0.4) is 0 Å². The largest absolute Gasteiger partial charge is 0.364 e. The lowest BCUT2D eigenvalue weighted by Gasteiger charge is -2.06. The first kappa shape index (κ1) is 10.6. The summed E-state index contributed by atoms with van der Waals surface area (Å²) in [5, 5.41) is 3.27. The fourth-order valence-electron chi connectivity index (χ4n) is 1.80. The van der Waals surface area contributed by atoms with E-state index in [0.29, 0.717) is 12.2 Å². The number of rotatable bonds is 3. The summed E-state index contributed by atoms with van der Waals surface area (Å²) in [7, 11) is 0. The van der Waals surface area contributed by atoms with Crippen LogP contribution in [0.5, 0.6) is 0 Å². The van der Waals surface area contributed by atoms with E-state index < -0.39 is 0 Å². The molecule has 0 saturated heterocycles. The molecule has 0 aromatic carbocycles. The molecule has 6 nitrogen and oxygen atoms in total. The van der Waals surface area contributed by atoms with Gasteiger partial charge in [0.2, 0.25) is 0 Å². The Balaban J connectivity index is 1.83. The first-order chi connectivity index (χ1) is 8.83. The maximum absolute atomic E-state index is 4.21. The zero-order valence-corrected chi connectivity index (χ0v) is 9.88. The lowest BCUT2D eigenvalue weighted by molar-refractivity contribution is 1.07. The van der Waals surface area contributed by atoms with E-state index in [0.717, 1.165) is 22.6 Å². The highest BCUT2D eigenvalue weighted by Crippen LogP contribution is 2.15. The monoisotopic (exact) mass is 240 g/mol. The Bertz CT molecular complexity index is 675. The highest BCUT2D eigenvalue weighted by atomic mass is 15.1. The Morgan fingerprint density at radius 2 is 2.17 bits per heavy atom. The SMILES string of the molecule is Cc1cc(CNc2ncnc3nc[nH]c23)ccn1. The van der Waals surface area contributed by atoms with Crippen LogP contribution in [0.1, 0.15) is 11.3 Å². The summed E-state index contributed by atoms with van der Waals surface area (Å²) in [6.07, 6.45) is 4.92. The normalized spacial score (nSPS) is 10.7. The Hall–Kier alpha value is -2.50. The van der Waals surface area contributed by atoms with Crippen LogP contribution in [-0.4, -0.2) is 24.9 Å². The van der Waals surface area contributed by atoms with Gasteiger partial charge in [-0.25, -0.2) is 15.0 Å². The molecule has 90 valence electrons. The molecule has 0 bridgehead atoms. The summed E-state index contributed by atoms with van der Waals surface area (Å²) < 4.78 is 0. The Morgan fingerprint density at radius 3 is 3.06 bits per heavy atom. The number of nitrogens with one attached hydrogen (secondary N) is 2. The van der Waals surface area contributed by atoms with E-state index in [1.54, 1.807) is 12.5 Å². The lowest BCUT2D eigenvalue weighted by Crippen LogP contribution is -2.03. The molecule has 0 fully saturated rings. The minimum atomic E-state index is 0.665. The molecular weight excluding hydrogens is 228 g/mol. The number of H-pyrrole nitrogens is 1. The molecule has 0 amide bonds. The number of aromatic nitrogens is 5. The molecule has 0 aliphatic rings. The summed E-state index contributed by atoms with van der Waals surface area (Å²) in [5.74, 6) is 0.756. The van der Waals surface area contributed by atoms with E-state index in [9.17, 15) is 0 Å². The summed E-state index contributed by atoms with van der Waals surface area (Å²) >= 11 is 0. The van der Waals surface area contributed by atoms with Crippen LogP contribution in [-0.2, 0) is 6.54 Å². The van der Waals surface area contributed by atoms with Crippen molar-refractivity contribution in [2.75, 3.05) is 5.32 Å². The molecular formula is C12H12N6. The predicted molar refractivity (Wildman–Crippen MR) is 68.0 cm³/mol. The Kier molecular flexibility index (Phi) is 2.60. The lowest BCUT2D eigenvalue weighted by atomic mass is 10.2. The number of aryl methyl sites for hydroxylation is 1. The quantitative estimate of drug-likeness (QED) is 0.728. The second-order valence-corrected chi connectivity index (χ2v) is 3.98. The van der Waals surface area contributed by atoms with E-state index in [-0.39, 0.29) is 0 Å². The molecule has 18 heavy (non-hydrogen) atoms. The van der Waals surface area contributed by atoms with Crippen molar-refractivity contribution < 1.29 is 0 Å². The first-order valence-corrected chi connectivity index (χ1v) is 5.62. The maximum atomic E-state index is 4.21. The molecule has 0 spiro atoms. The smallest absolute Gasteiger partial charge is 0.182 e. The topological polar surface area (TPSA) is 79.4 Å². The van der Waals surface area contributed by atoms with E-state index in [1.807, 2.05) is 19.1 Å². The van der Waals surface area contributed by atoms with Crippen molar-refractivity contribution in [3.63, 3.8) is 0 Å². The van der Waals surface area contributed by atoms with Gasteiger partial charge in [-0.05, 0) is 24.6 Å². The highest BCUT2D eigenvalue weighted by molar-refractivity contribution is 5.81. The summed E-state index contributed by atoms with van der Waals surface area (Å²) in [6.45, 7) is 2.66. The molecule has 3 aromatic rings. The number of nitrogens with zero attached hydrogens (tertiary/aromatic N) is 4. The van der Waals surface area contributed by atoms with Gasteiger partial charge < -0.3 is 10.3 Å². The van der Waals surface area contributed by atoms with Crippen LogP contribution >= 0.6 is 0 Å². The molecule has 0 saturated carbocycles. The van der Waals surface area contributed by atoms with E-state index in [4.69, 9.17) is 0 Å². The van der Waals surface area contributed by atoms with Crippen LogP contribution in [0, 0.1) is 6.92 Å². The summed E-state index contributed by atoms with van der Waals surface area (Å²) in [4.78, 5) is 19.6. The van der Waals surface area contributed by atoms with Crippen LogP contribution in [0.25, 0.3) is 11.2 Å². The summed E-state index contributed by atoms with van der Waals surface area (Å²) in [6, 6.07) is 4.02. The Morgan fingerprint density at radius 1 is 1.22 bits per heavy atom. The van der Waals surface area contributed by atoms with Crippen molar-refractivity contribution in [3.8, 4) is 0 Å². The van der Waals surface area contributed by atoms with Gasteiger partial charge in [-0.2, -0.15) is 0 Å². The van der Waals surface area contributed by atoms with E-state index in [1.165, 1.54) is 6.33 Å². The molecule has 3 aromatic heterocycles. The van der Waals surface area contributed by atoms with Crippen molar-refractivity contribution >= 4 is 17.0 Å². The average Bonchev–Trinajstić information content (AvgIpc) is 2.85. The van der Waals surface area contributed by atoms with Gasteiger partial charge in [-0.3, -0.25) is 4.98 Å². The zero-order valence-electron chi connectivity index (χ0n) is 9.88. The standard InChI is InChI=1S/C12H12N6/c1-8-4-9(2-3-13-8)5-14-11-10-12(16-6-15-10)18-7-17-11/h2-4,6-7H,5H2,1H3,(H2,14,15,16,17,18). The third kappa shape index (κ3) is 2.00. The predicted octanol–water partition coefficient (Wildman–Crippen LogP) is 1.67. The van der Waals surface area contributed by atoms with Crippen LogP contribution < -0.4 is 5.32 Å². The van der Waals surface area contributed by atoms with Crippen molar-refractivity contribution in [2.24, 2.45) is 0 Å². The number of hydrogen-bond acceptors (Lipinski definition) is 5. The number of pyridine rings is 1. The van der Waals surface area contributed by atoms with Gasteiger partial charge in [0.25, 0.3) is 0 Å². The van der Waals surface area contributed by atoms with Crippen molar-refractivity contribution in [1.29, 1.82) is 0 Å². The van der Waals surface area contributed by atoms with Gasteiger partial charge in [0.1, 0.15) is 11.8 Å². The molecule has 3 heterocycles. The van der Waals surface area contributed by atoms with Crippen molar-refractivity contribution in [3.05, 3.63) is 42.2 Å². The molecule has 6 heteroatoms. The summed E-state index contributed by atoms with van der Waals surface area (Å²) in [5.41, 5.74) is 3.65. The van der Waals surface area contributed by atoms with Crippen molar-refractivity contribution in [2.45, 2.75) is 13.5 Å². The number of fused-ring (bicyclic) bond motifs is 1. The molecule has 3 rings (SSSR count). The molecule has 2 N–H and O–H groups in total. The number of imidazole rings is 1. The minimum absolute atomic E-state index is 0.665. The van der Waals surface area contributed by atoms with E-state index >= 15 is 0 Å². The fourth-order valence-corrected chi connectivity index (χ4v) is 1.80. The molecule has 0 atom stereocenters. The van der Waals surface area contributed by atoms with Crippen LogP contribution in [0.4, 0.5) is 5.82 Å². The fraction of sp³-hybridized carbons (Fsp3) is 0.167. The van der Waals surface area contributed by atoms with Gasteiger partial charge in [0.05, 0.1) is 6.33 Å². The van der Waals surface area contributed by atoms with Gasteiger partial charge in [0.15, 0.2) is 11.5 Å². The number of anilines is 1. The van der Waals surface area contributed by atoms with Crippen LogP contribution in [0.2, 0.25) is 0 Å². The number of aromatic amines is 1. The average molecular weight is 240 g/mol. The van der Waals surface area contributed by atoms with Gasteiger partial charge in [-0.1, -0.05) is 0 Å². The van der Waals surface area contributed by atoms with Gasteiger partial charge in [0, 0.05) is 18.4 Å². The van der Waals surface area contributed by atoms with Crippen molar-refractivity contribution in [1.82, 2.24) is 24.9 Å². The molecule has 0 unspecified atom stereocenters. The third-order valence-corrected chi connectivity index (χ3v) is 2.64. The Labute approximate surface area is 104 Å². The third-order valence-electron chi connectivity index (χ3n) is 2.64. The molecule has 0 aliphatic heterocycles. The maximum Gasteiger partial charge on any atom is 0.182 e. The van der Waals surface area contributed by atoms with Gasteiger partial charge in [-0.15, -0.1) is 0 Å².